The molecule has 22 heavy (non-hydrogen) atoms. The van der Waals surface area contributed by atoms with Crippen LogP contribution in [0.15, 0.2) is 24.3 Å². The van der Waals surface area contributed by atoms with Gasteiger partial charge in [-0.1, -0.05) is 12.1 Å². The number of aliphatic carboxylic acids is 1. The zero-order valence-electron chi connectivity index (χ0n) is 13.5. The van der Waals surface area contributed by atoms with E-state index < -0.39 is 5.97 Å². The molecule has 2 heterocycles. The molecular weight excluding hydrogens is 281 g/mol. The van der Waals surface area contributed by atoms with Crippen LogP contribution < -0.4 is 10.4 Å². The largest absolute Gasteiger partial charge is 0.494 e. The Kier molecular flexibility index (Phi) is 3.49. The predicted molar refractivity (Wildman–Crippen MR) is 85.5 cm³/mol. The molecule has 1 aromatic rings. The van der Waals surface area contributed by atoms with Crippen molar-refractivity contribution >= 4 is 24.2 Å². The minimum Gasteiger partial charge on any atom is -0.481 e. The highest BCUT2D eigenvalue weighted by molar-refractivity contribution is 6.62. The van der Waals surface area contributed by atoms with Crippen molar-refractivity contribution in [3.8, 4) is 0 Å². The topological polar surface area (TPSA) is 59.0 Å². The Labute approximate surface area is 131 Å². The van der Waals surface area contributed by atoms with Crippen molar-refractivity contribution in [1.82, 2.24) is 0 Å². The minimum atomic E-state index is -0.724. The van der Waals surface area contributed by atoms with Gasteiger partial charge in [0.15, 0.2) is 0 Å². The third kappa shape index (κ3) is 2.50. The van der Waals surface area contributed by atoms with Crippen molar-refractivity contribution in [3.05, 3.63) is 24.3 Å². The molecule has 0 saturated carbocycles. The van der Waals surface area contributed by atoms with Gasteiger partial charge in [0.2, 0.25) is 0 Å². The fourth-order valence-electron chi connectivity index (χ4n) is 2.69. The number of carbonyl (C=O) groups is 1. The van der Waals surface area contributed by atoms with Crippen LogP contribution in [0.1, 0.15) is 27.7 Å². The average Bonchev–Trinajstić information content (AvgIpc) is 2.56. The quantitative estimate of drug-likeness (QED) is 0.858. The van der Waals surface area contributed by atoms with Crippen LogP contribution in [0, 0.1) is 5.92 Å². The van der Waals surface area contributed by atoms with Crippen molar-refractivity contribution in [2.75, 3.05) is 18.0 Å². The maximum Gasteiger partial charge on any atom is 0.494 e. The highest BCUT2D eigenvalue weighted by Gasteiger charge is 2.51. The highest BCUT2D eigenvalue weighted by Crippen LogP contribution is 2.36. The second kappa shape index (κ2) is 5.00. The summed E-state index contributed by atoms with van der Waals surface area (Å²) in [4.78, 5) is 13.0. The van der Waals surface area contributed by atoms with E-state index in [4.69, 9.17) is 14.4 Å². The zero-order valence-corrected chi connectivity index (χ0v) is 13.5. The smallest absolute Gasteiger partial charge is 0.481 e. The molecule has 0 bridgehead atoms. The normalized spacial score (nSPS) is 23.5. The summed E-state index contributed by atoms with van der Waals surface area (Å²) in [6.45, 7) is 9.24. The molecule has 5 nitrogen and oxygen atoms in total. The van der Waals surface area contributed by atoms with E-state index >= 15 is 0 Å². The number of anilines is 1. The van der Waals surface area contributed by atoms with Crippen LogP contribution in [-0.2, 0) is 14.1 Å². The molecular formula is C16H22BNO4. The summed E-state index contributed by atoms with van der Waals surface area (Å²) in [6.07, 6.45) is 0. The van der Waals surface area contributed by atoms with Crippen LogP contribution in [0.4, 0.5) is 5.69 Å². The monoisotopic (exact) mass is 303 g/mol. The van der Waals surface area contributed by atoms with Crippen molar-refractivity contribution in [2.24, 2.45) is 5.92 Å². The standard InChI is InChI=1S/C16H22BNO4/c1-15(2)16(3,4)22-17(21-15)12-6-5-7-13(8-12)18-9-11(10-18)14(19)20/h5-8,11H,9-10H2,1-4H3,(H,19,20). The second-order valence-electron chi connectivity index (χ2n) is 7.12. The Morgan fingerprint density at radius 2 is 1.82 bits per heavy atom. The van der Waals surface area contributed by atoms with Gasteiger partial charge in [-0.25, -0.2) is 0 Å². The molecule has 2 aliphatic heterocycles. The van der Waals surface area contributed by atoms with E-state index in [1.165, 1.54) is 0 Å². The van der Waals surface area contributed by atoms with Crippen molar-refractivity contribution < 1.29 is 19.2 Å². The average molecular weight is 303 g/mol. The van der Waals surface area contributed by atoms with E-state index in [2.05, 4.69) is 4.90 Å². The summed E-state index contributed by atoms with van der Waals surface area (Å²) in [6, 6.07) is 7.97. The van der Waals surface area contributed by atoms with Crippen LogP contribution >= 0.6 is 0 Å². The van der Waals surface area contributed by atoms with Gasteiger partial charge in [0, 0.05) is 18.8 Å². The molecule has 0 unspecified atom stereocenters. The summed E-state index contributed by atoms with van der Waals surface area (Å²) in [5.74, 6) is -0.987. The maximum atomic E-state index is 10.9. The van der Waals surface area contributed by atoms with E-state index in [1.807, 2.05) is 52.0 Å². The lowest BCUT2D eigenvalue weighted by Crippen LogP contribution is -2.50. The molecule has 0 aromatic heterocycles. The van der Waals surface area contributed by atoms with Gasteiger partial charge in [0.25, 0.3) is 0 Å². The molecule has 1 aromatic carbocycles. The Bertz CT molecular complexity index is 580. The molecule has 118 valence electrons. The first-order valence-electron chi connectivity index (χ1n) is 7.63. The molecule has 0 radical (unpaired) electrons. The number of nitrogens with zero attached hydrogens (tertiary/aromatic N) is 1. The van der Waals surface area contributed by atoms with Gasteiger partial charge in [-0.15, -0.1) is 0 Å². The van der Waals surface area contributed by atoms with E-state index in [0.29, 0.717) is 13.1 Å². The van der Waals surface area contributed by atoms with Crippen LogP contribution in [0.5, 0.6) is 0 Å². The second-order valence-corrected chi connectivity index (χ2v) is 7.12. The molecule has 0 aliphatic carbocycles. The number of benzene rings is 1. The molecule has 3 rings (SSSR count). The van der Waals surface area contributed by atoms with Gasteiger partial charge < -0.3 is 19.3 Å². The lowest BCUT2D eigenvalue weighted by atomic mass is 9.78. The van der Waals surface area contributed by atoms with Gasteiger partial charge in [-0.2, -0.15) is 0 Å². The maximum absolute atomic E-state index is 10.9. The SMILES string of the molecule is CC1(C)OB(c2cccc(N3CC(C(=O)O)C3)c2)OC1(C)C. The molecule has 0 atom stereocenters. The highest BCUT2D eigenvalue weighted by atomic mass is 16.7. The van der Waals surface area contributed by atoms with E-state index in [9.17, 15) is 4.79 Å². The Morgan fingerprint density at radius 3 is 2.36 bits per heavy atom. The number of rotatable bonds is 3. The van der Waals surface area contributed by atoms with Crippen molar-refractivity contribution in [2.45, 2.75) is 38.9 Å². The van der Waals surface area contributed by atoms with Crippen molar-refractivity contribution in [1.29, 1.82) is 0 Å². The summed E-state index contributed by atoms with van der Waals surface area (Å²) in [5.41, 5.74) is 1.26. The summed E-state index contributed by atoms with van der Waals surface area (Å²) in [5, 5.41) is 8.97. The summed E-state index contributed by atoms with van der Waals surface area (Å²) in [7, 11) is -0.388. The molecule has 2 saturated heterocycles. The molecule has 2 fully saturated rings. The van der Waals surface area contributed by atoms with Gasteiger partial charge in [-0.3, -0.25) is 4.79 Å². The number of hydrogen-bond donors (Lipinski definition) is 1. The molecule has 1 N–H and O–H groups in total. The van der Waals surface area contributed by atoms with Gasteiger partial charge in [0.1, 0.15) is 0 Å². The molecule has 2 aliphatic rings. The zero-order chi connectivity index (χ0) is 16.1. The Hall–Kier alpha value is -1.53. The minimum absolute atomic E-state index is 0.263. The van der Waals surface area contributed by atoms with E-state index in [0.717, 1.165) is 11.2 Å². The van der Waals surface area contributed by atoms with Crippen LogP contribution in [0.25, 0.3) is 0 Å². The Balaban J connectivity index is 1.75. The number of carboxylic acid groups (broad SMARTS) is 1. The first kappa shape index (κ1) is 15.4. The Morgan fingerprint density at radius 1 is 1.23 bits per heavy atom. The third-order valence-electron chi connectivity index (χ3n) is 4.99. The third-order valence-corrected chi connectivity index (χ3v) is 4.99. The molecule has 0 spiro atoms. The van der Waals surface area contributed by atoms with E-state index in [-0.39, 0.29) is 24.2 Å². The first-order valence-corrected chi connectivity index (χ1v) is 7.63. The van der Waals surface area contributed by atoms with Crippen molar-refractivity contribution in [3.63, 3.8) is 0 Å². The predicted octanol–water partition coefficient (Wildman–Crippen LogP) is 1.51. The van der Waals surface area contributed by atoms with Gasteiger partial charge >= 0.3 is 13.1 Å². The summed E-state index contributed by atoms with van der Waals surface area (Å²) < 4.78 is 12.1. The van der Waals surface area contributed by atoms with Crippen LogP contribution in [0.2, 0.25) is 0 Å². The summed E-state index contributed by atoms with van der Waals surface area (Å²) >= 11 is 0. The van der Waals surface area contributed by atoms with Gasteiger partial charge in [0.05, 0.1) is 17.1 Å². The van der Waals surface area contributed by atoms with Gasteiger partial charge in [-0.05, 0) is 45.3 Å². The van der Waals surface area contributed by atoms with E-state index in [1.54, 1.807) is 0 Å². The fraction of sp³-hybridized carbons (Fsp3) is 0.562. The molecule has 6 heteroatoms. The first-order chi connectivity index (χ1) is 10.2. The lowest BCUT2D eigenvalue weighted by molar-refractivity contribution is -0.142. The lowest BCUT2D eigenvalue weighted by Gasteiger charge is -2.38. The number of hydrogen-bond acceptors (Lipinski definition) is 4. The molecule has 0 amide bonds. The number of carboxylic acids is 1. The van der Waals surface area contributed by atoms with Crippen LogP contribution in [-0.4, -0.2) is 42.5 Å². The van der Waals surface area contributed by atoms with Crippen LogP contribution in [0.3, 0.4) is 0 Å². The fourth-order valence-corrected chi connectivity index (χ4v) is 2.69.